The number of nitrogens with zero attached hydrogens (tertiary/aromatic N) is 2. The first-order chi connectivity index (χ1) is 11.4. The Bertz CT molecular complexity index is 415. The highest BCUT2D eigenvalue weighted by Crippen LogP contribution is 2.12. The highest BCUT2D eigenvalue weighted by molar-refractivity contribution is 5.97. The van der Waals surface area contributed by atoms with E-state index in [0.717, 1.165) is 12.7 Å². The van der Waals surface area contributed by atoms with Crippen molar-refractivity contribution in [1.29, 1.82) is 0 Å². The first-order valence-corrected chi connectivity index (χ1v) is 8.86. The smallest absolute Gasteiger partial charge is 0.255 e. The monoisotopic (exact) mass is 340 g/mol. The number of ether oxygens (including phenoxy) is 1. The van der Waals surface area contributed by atoms with Crippen molar-refractivity contribution in [2.24, 2.45) is 0 Å². The number of hydrogen-bond acceptors (Lipinski definition) is 4. The predicted octanol–water partition coefficient (Wildman–Crippen LogP) is 3.27. The number of aldehydes is 1. The summed E-state index contributed by atoms with van der Waals surface area (Å²) >= 11 is 0. The van der Waals surface area contributed by atoms with Gasteiger partial charge in [0.25, 0.3) is 5.91 Å². The zero-order valence-corrected chi connectivity index (χ0v) is 16.8. The lowest BCUT2D eigenvalue weighted by molar-refractivity contribution is -0.126. The molecule has 1 fully saturated rings. The summed E-state index contributed by atoms with van der Waals surface area (Å²) in [7, 11) is 3.70. The number of amides is 1. The maximum absolute atomic E-state index is 12.6. The van der Waals surface area contributed by atoms with Crippen LogP contribution in [0.2, 0.25) is 0 Å². The fraction of sp³-hybridized carbons (Fsp3) is 0.684. The molecular formula is C19H36N2O3. The van der Waals surface area contributed by atoms with Crippen LogP contribution in [0.1, 0.15) is 48.0 Å². The Labute approximate surface area is 148 Å². The number of carbonyl (C=O) groups excluding carboxylic acids is 2. The topological polar surface area (TPSA) is 49.9 Å². The van der Waals surface area contributed by atoms with Crippen LogP contribution in [0.25, 0.3) is 0 Å². The van der Waals surface area contributed by atoms with Gasteiger partial charge in [-0.2, -0.15) is 0 Å². The third kappa shape index (κ3) is 10.2. The molecule has 140 valence electrons. The first kappa shape index (κ1) is 24.6. The number of rotatable bonds is 4. The van der Waals surface area contributed by atoms with Gasteiger partial charge in [0.15, 0.2) is 0 Å². The van der Waals surface area contributed by atoms with Crippen LogP contribution in [0.5, 0.6) is 0 Å². The van der Waals surface area contributed by atoms with Gasteiger partial charge in [-0.05, 0) is 31.9 Å². The molecule has 0 aromatic rings. The van der Waals surface area contributed by atoms with Gasteiger partial charge in [-0.15, -0.1) is 0 Å². The van der Waals surface area contributed by atoms with Crippen LogP contribution in [0.15, 0.2) is 23.4 Å². The summed E-state index contributed by atoms with van der Waals surface area (Å²) in [6.07, 6.45) is 5.14. The van der Waals surface area contributed by atoms with Gasteiger partial charge in [-0.3, -0.25) is 9.59 Å². The van der Waals surface area contributed by atoms with Crippen molar-refractivity contribution in [3.8, 4) is 0 Å². The summed E-state index contributed by atoms with van der Waals surface area (Å²) in [5.41, 5.74) is 1.06. The number of carbonyl (C=O) groups is 2. The molecule has 1 saturated heterocycles. The van der Waals surface area contributed by atoms with Crippen LogP contribution in [0, 0.1) is 0 Å². The zero-order valence-electron chi connectivity index (χ0n) is 16.8. The van der Waals surface area contributed by atoms with Crippen molar-refractivity contribution < 1.29 is 14.3 Å². The molecule has 1 heterocycles. The molecule has 0 N–H and O–H groups in total. The fourth-order valence-corrected chi connectivity index (χ4v) is 1.99. The quantitative estimate of drug-likeness (QED) is 0.448. The molecule has 1 aliphatic heterocycles. The van der Waals surface area contributed by atoms with E-state index in [4.69, 9.17) is 4.74 Å². The lowest BCUT2D eigenvalue weighted by Crippen LogP contribution is -2.34. The Kier molecular flexibility index (Phi) is 15.3. The summed E-state index contributed by atoms with van der Waals surface area (Å²) < 4.78 is 5.55. The molecule has 0 saturated carbocycles. The van der Waals surface area contributed by atoms with Crippen molar-refractivity contribution in [2.45, 2.75) is 54.1 Å². The lowest BCUT2D eigenvalue weighted by Gasteiger charge is -2.21. The maximum Gasteiger partial charge on any atom is 0.255 e. The van der Waals surface area contributed by atoms with Crippen molar-refractivity contribution in [2.75, 3.05) is 33.8 Å². The van der Waals surface area contributed by atoms with E-state index in [-0.39, 0.29) is 12.0 Å². The van der Waals surface area contributed by atoms with Gasteiger partial charge >= 0.3 is 0 Å². The van der Waals surface area contributed by atoms with Gasteiger partial charge in [0.1, 0.15) is 6.29 Å². The summed E-state index contributed by atoms with van der Waals surface area (Å²) in [4.78, 5) is 26.9. The third-order valence-electron chi connectivity index (χ3n) is 3.07. The average Bonchev–Trinajstić information content (AvgIpc) is 2.81. The van der Waals surface area contributed by atoms with Crippen molar-refractivity contribution >= 4 is 12.2 Å². The minimum atomic E-state index is -0.0578. The molecular weight excluding hydrogens is 304 g/mol. The maximum atomic E-state index is 12.6. The molecule has 1 aliphatic rings. The van der Waals surface area contributed by atoms with E-state index in [9.17, 15) is 9.59 Å². The minimum Gasteiger partial charge on any atom is -0.383 e. The average molecular weight is 341 g/mol. The second-order valence-electron chi connectivity index (χ2n) is 5.32. The van der Waals surface area contributed by atoms with Crippen LogP contribution in [0.3, 0.4) is 0 Å². The lowest BCUT2D eigenvalue weighted by atomic mass is 10.1. The first-order valence-electron chi connectivity index (χ1n) is 8.86. The van der Waals surface area contributed by atoms with E-state index in [0.29, 0.717) is 30.8 Å². The molecule has 1 atom stereocenters. The van der Waals surface area contributed by atoms with E-state index in [1.54, 1.807) is 29.0 Å². The van der Waals surface area contributed by atoms with Gasteiger partial charge in [-0.25, -0.2) is 0 Å². The second kappa shape index (κ2) is 14.9. The molecule has 0 aromatic carbocycles. The summed E-state index contributed by atoms with van der Waals surface area (Å²) in [5, 5.41) is 0. The molecule has 24 heavy (non-hydrogen) atoms. The van der Waals surface area contributed by atoms with Gasteiger partial charge in [0.05, 0.1) is 18.3 Å². The summed E-state index contributed by atoms with van der Waals surface area (Å²) in [6.45, 7) is 13.5. The van der Waals surface area contributed by atoms with E-state index < -0.39 is 0 Å². The van der Waals surface area contributed by atoms with Crippen molar-refractivity contribution in [3.63, 3.8) is 0 Å². The fourth-order valence-electron chi connectivity index (χ4n) is 1.99. The Balaban J connectivity index is 0. The number of hydrogen-bond donors (Lipinski definition) is 0. The van der Waals surface area contributed by atoms with Crippen LogP contribution in [0.4, 0.5) is 0 Å². The normalized spacial score (nSPS) is 18.3. The van der Waals surface area contributed by atoms with Gasteiger partial charge in [0, 0.05) is 33.4 Å². The molecule has 0 aliphatic carbocycles. The Morgan fingerprint density at radius 3 is 2.25 bits per heavy atom. The Morgan fingerprint density at radius 2 is 1.75 bits per heavy atom. The molecule has 5 heteroatoms. The summed E-state index contributed by atoms with van der Waals surface area (Å²) in [5.74, 6) is -0.0578. The minimum absolute atomic E-state index is 0.0578. The molecule has 1 rings (SSSR count). The van der Waals surface area contributed by atoms with Crippen LogP contribution in [-0.4, -0.2) is 61.9 Å². The van der Waals surface area contributed by atoms with E-state index >= 15 is 0 Å². The van der Waals surface area contributed by atoms with Crippen LogP contribution < -0.4 is 0 Å². The van der Waals surface area contributed by atoms with Gasteiger partial charge < -0.3 is 14.5 Å². The molecule has 1 unspecified atom stereocenters. The van der Waals surface area contributed by atoms with Gasteiger partial charge in [0.2, 0.25) is 0 Å². The van der Waals surface area contributed by atoms with E-state index in [1.807, 2.05) is 48.7 Å². The summed E-state index contributed by atoms with van der Waals surface area (Å²) in [6, 6.07) is 0. The van der Waals surface area contributed by atoms with E-state index in [2.05, 4.69) is 0 Å². The molecule has 0 bridgehead atoms. The molecule has 5 nitrogen and oxygen atoms in total. The van der Waals surface area contributed by atoms with Gasteiger partial charge in [-0.1, -0.05) is 27.7 Å². The standard InChI is InChI=1S/C15H24N2O3.2C2H6/c1-12(11-18)9-14(10-16(3)4)15(19)17-6-5-13(2)20-8-7-17;2*1-2/h9-11,13H,5-8H2,1-4H3;2*1-2H3/b12-9-,14-10+;;. The predicted molar refractivity (Wildman–Crippen MR) is 101 cm³/mol. The molecule has 0 radical (unpaired) electrons. The second-order valence-corrected chi connectivity index (χ2v) is 5.32. The largest absolute Gasteiger partial charge is 0.383 e. The Hall–Kier alpha value is -1.62. The van der Waals surface area contributed by atoms with Crippen molar-refractivity contribution in [3.05, 3.63) is 23.4 Å². The SMILES string of the molecule is C/C(C=O)=C/C(=C\N(C)C)C(=O)N1CCOC(C)CC1.CC.CC. The highest BCUT2D eigenvalue weighted by Gasteiger charge is 2.21. The number of allylic oxidation sites excluding steroid dienone is 1. The third-order valence-corrected chi connectivity index (χ3v) is 3.07. The molecule has 0 aromatic heterocycles. The van der Waals surface area contributed by atoms with Crippen molar-refractivity contribution in [1.82, 2.24) is 9.80 Å². The Morgan fingerprint density at radius 1 is 1.17 bits per heavy atom. The van der Waals surface area contributed by atoms with Crippen LogP contribution in [-0.2, 0) is 14.3 Å². The van der Waals surface area contributed by atoms with E-state index in [1.165, 1.54) is 0 Å². The molecule has 0 spiro atoms. The zero-order chi connectivity index (χ0) is 19.1. The highest BCUT2D eigenvalue weighted by atomic mass is 16.5. The van der Waals surface area contributed by atoms with Crippen LogP contribution >= 0.6 is 0 Å². The molecule has 1 amide bonds.